The summed E-state index contributed by atoms with van der Waals surface area (Å²) in [6.07, 6.45) is -3.50. The fraction of sp³-hybridized carbons (Fsp3) is 0.306. The summed E-state index contributed by atoms with van der Waals surface area (Å²) in [4.78, 5) is 40.9. The Bertz CT molecular complexity index is 1760. The van der Waals surface area contributed by atoms with Gasteiger partial charge in [-0.05, 0) is 74.4 Å². The van der Waals surface area contributed by atoms with Crippen molar-refractivity contribution in [2.75, 3.05) is 14.2 Å². The predicted octanol–water partition coefficient (Wildman–Crippen LogP) is 5.77. The van der Waals surface area contributed by atoms with E-state index in [2.05, 4.69) is 0 Å². The van der Waals surface area contributed by atoms with E-state index in [1.54, 1.807) is 62.4 Å². The van der Waals surface area contributed by atoms with E-state index in [9.17, 15) is 14.4 Å². The van der Waals surface area contributed by atoms with Gasteiger partial charge in [-0.1, -0.05) is 30.3 Å². The molecule has 238 valence electrons. The molecule has 1 saturated heterocycles. The normalized spacial score (nSPS) is 21.0. The second-order valence-corrected chi connectivity index (χ2v) is 11.5. The fourth-order valence-corrected chi connectivity index (χ4v) is 5.75. The van der Waals surface area contributed by atoms with Crippen LogP contribution in [0.4, 0.5) is 0 Å². The fourth-order valence-electron chi connectivity index (χ4n) is 5.75. The molecule has 10 heteroatoms. The van der Waals surface area contributed by atoms with Crippen LogP contribution in [-0.4, -0.2) is 44.2 Å². The maximum absolute atomic E-state index is 13.8. The number of methoxy groups -OCH3 is 2. The number of aryl methyl sites for hydroxylation is 2. The average Bonchev–Trinajstić information content (AvgIpc) is 3.40. The van der Waals surface area contributed by atoms with Gasteiger partial charge in [0, 0.05) is 12.5 Å². The zero-order valence-corrected chi connectivity index (χ0v) is 25.9. The summed E-state index contributed by atoms with van der Waals surface area (Å²) >= 11 is 0. The van der Waals surface area contributed by atoms with Crippen LogP contribution in [0.1, 0.15) is 69.4 Å². The van der Waals surface area contributed by atoms with Crippen molar-refractivity contribution in [2.24, 2.45) is 0 Å². The van der Waals surface area contributed by atoms with Crippen molar-refractivity contribution in [3.63, 3.8) is 0 Å². The lowest BCUT2D eigenvalue weighted by Gasteiger charge is -2.36. The molecule has 1 aliphatic heterocycles. The standard InChI is InChI=1S/C36H34O10/c1-36(2)45-30-28-27(37)20-26(15-10-21-8-6-5-7-9-21)42-29(28)31(43-34(38)22-11-16-24(40-3)17-12-22)32(33(30)46-36)44-35(39)23-13-18-25(41-4)19-14-23/h5-9,11-14,16-20,30-33H,10,15H2,1-4H3/t30-,31+,32-,33-/m1/s1. The smallest absolute Gasteiger partial charge is 0.338 e. The summed E-state index contributed by atoms with van der Waals surface area (Å²) in [7, 11) is 3.04. The zero-order valence-electron chi connectivity index (χ0n) is 25.9. The van der Waals surface area contributed by atoms with Crippen LogP contribution in [-0.2, 0) is 31.8 Å². The molecular weight excluding hydrogens is 592 g/mol. The van der Waals surface area contributed by atoms with Gasteiger partial charge < -0.3 is 32.8 Å². The van der Waals surface area contributed by atoms with Gasteiger partial charge in [-0.2, -0.15) is 0 Å². The van der Waals surface area contributed by atoms with Crippen LogP contribution in [0.3, 0.4) is 0 Å². The number of rotatable bonds is 9. The molecule has 4 atom stereocenters. The van der Waals surface area contributed by atoms with Gasteiger partial charge in [-0.15, -0.1) is 0 Å². The minimum atomic E-state index is -1.34. The third kappa shape index (κ3) is 6.40. The molecule has 3 aromatic carbocycles. The Morgan fingerprint density at radius 3 is 1.93 bits per heavy atom. The van der Waals surface area contributed by atoms with Gasteiger partial charge >= 0.3 is 11.9 Å². The monoisotopic (exact) mass is 626 g/mol. The van der Waals surface area contributed by atoms with Gasteiger partial charge in [-0.25, -0.2) is 9.59 Å². The van der Waals surface area contributed by atoms with E-state index < -0.39 is 42.1 Å². The topological polar surface area (TPSA) is 120 Å². The number of fused-ring (bicyclic) bond motifs is 3. The summed E-state index contributed by atoms with van der Waals surface area (Å²) in [5.41, 5.74) is 1.32. The Balaban J connectivity index is 1.41. The van der Waals surface area contributed by atoms with E-state index in [1.165, 1.54) is 20.3 Å². The molecule has 1 fully saturated rings. The first-order chi connectivity index (χ1) is 22.2. The number of benzene rings is 3. The molecule has 1 aliphatic carbocycles. The first kappa shape index (κ1) is 31.1. The van der Waals surface area contributed by atoms with Crippen LogP contribution in [0.5, 0.6) is 11.5 Å². The number of hydrogen-bond donors (Lipinski definition) is 0. The average molecular weight is 627 g/mol. The number of esters is 2. The Labute approximate surface area is 265 Å². The molecule has 46 heavy (non-hydrogen) atoms. The molecule has 0 bridgehead atoms. The first-order valence-corrected chi connectivity index (χ1v) is 14.9. The van der Waals surface area contributed by atoms with Crippen molar-refractivity contribution < 1.29 is 42.4 Å². The van der Waals surface area contributed by atoms with Crippen LogP contribution in [0.15, 0.2) is 94.1 Å². The molecule has 4 aromatic rings. The SMILES string of the molecule is COc1ccc(C(=O)O[C@H]2[C@@H]3OC(C)(C)O[C@@H]3c3c(oc(CCc4ccccc4)cc3=O)[C@@H]2OC(=O)c2ccc(OC)cc2)cc1. The highest BCUT2D eigenvalue weighted by Crippen LogP contribution is 2.49. The Hall–Kier alpha value is -4.93. The second-order valence-electron chi connectivity index (χ2n) is 11.5. The molecule has 6 rings (SSSR count). The van der Waals surface area contributed by atoms with E-state index in [0.29, 0.717) is 30.1 Å². The molecule has 0 radical (unpaired) electrons. The van der Waals surface area contributed by atoms with E-state index in [1.807, 2.05) is 30.3 Å². The van der Waals surface area contributed by atoms with E-state index in [4.69, 9.17) is 32.8 Å². The Kier molecular flexibility index (Phi) is 8.66. The Morgan fingerprint density at radius 1 is 0.761 bits per heavy atom. The largest absolute Gasteiger partial charge is 0.497 e. The molecule has 0 N–H and O–H groups in total. The summed E-state index contributed by atoms with van der Waals surface area (Å²) in [6, 6.07) is 24.0. The quantitative estimate of drug-likeness (QED) is 0.212. The number of carbonyl (C=O) groups excluding carboxylic acids is 2. The molecule has 0 amide bonds. The Morgan fingerprint density at radius 2 is 1.35 bits per heavy atom. The minimum absolute atomic E-state index is 0.0486. The second kappa shape index (κ2) is 12.8. The predicted molar refractivity (Wildman–Crippen MR) is 165 cm³/mol. The lowest BCUT2D eigenvalue weighted by Crippen LogP contribution is -2.47. The minimum Gasteiger partial charge on any atom is -0.497 e. The van der Waals surface area contributed by atoms with Crippen molar-refractivity contribution in [1.29, 1.82) is 0 Å². The molecular formula is C36H34O10. The van der Waals surface area contributed by atoms with Crippen molar-refractivity contribution in [3.8, 4) is 11.5 Å². The number of hydrogen-bond acceptors (Lipinski definition) is 10. The summed E-state index contributed by atoms with van der Waals surface area (Å²) in [5.74, 6) is -1.02. The molecule has 1 aromatic heterocycles. The molecule has 0 unspecified atom stereocenters. The molecule has 2 aliphatic rings. The third-order valence-electron chi connectivity index (χ3n) is 7.99. The van der Waals surface area contributed by atoms with Gasteiger partial charge in [0.25, 0.3) is 0 Å². The highest BCUT2D eigenvalue weighted by molar-refractivity contribution is 5.90. The van der Waals surface area contributed by atoms with Crippen molar-refractivity contribution >= 4 is 11.9 Å². The van der Waals surface area contributed by atoms with Crippen LogP contribution >= 0.6 is 0 Å². The number of carbonyl (C=O) groups is 2. The highest BCUT2D eigenvalue weighted by Gasteiger charge is 2.58. The maximum atomic E-state index is 13.8. The lowest BCUT2D eigenvalue weighted by molar-refractivity contribution is -0.163. The van der Waals surface area contributed by atoms with Gasteiger partial charge in [0.2, 0.25) is 0 Å². The van der Waals surface area contributed by atoms with E-state index >= 15 is 0 Å². The highest BCUT2D eigenvalue weighted by atomic mass is 16.8. The van der Waals surface area contributed by atoms with Crippen molar-refractivity contribution in [3.05, 3.63) is 129 Å². The van der Waals surface area contributed by atoms with Crippen molar-refractivity contribution in [2.45, 2.75) is 56.9 Å². The van der Waals surface area contributed by atoms with Gasteiger partial charge in [0.05, 0.1) is 30.9 Å². The van der Waals surface area contributed by atoms with Gasteiger partial charge in [0.1, 0.15) is 29.5 Å². The van der Waals surface area contributed by atoms with Crippen LogP contribution in [0, 0.1) is 0 Å². The van der Waals surface area contributed by atoms with Crippen LogP contribution in [0.25, 0.3) is 0 Å². The van der Waals surface area contributed by atoms with E-state index in [-0.39, 0.29) is 27.9 Å². The van der Waals surface area contributed by atoms with Crippen molar-refractivity contribution in [1.82, 2.24) is 0 Å². The first-order valence-electron chi connectivity index (χ1n) is 14.9. The summed E-state index contributed by atoms with van der Waals surface area (Å²) < 4.78 is 41.3. The maximum Gasteiger partial charge on any atom is 0.338 e. The zero-order chi connectivity index (χ0) is 32.4. The number of ether oxygens (including phenoxy) is 6. The van der Waals surface area contributed by atoms with Gasteiger partial charge in [-0.3, -0.25) is 4.79 Å². The molecule has 10 nitrogen and oxygen atoms in total. The lowest BCUT2D eigenvalue weighted by atomic mass is 9.86. The molecule has 2 heterocycles. The van der Waals surface area contributed by atoms with Crippen LogP contribution < -0.4 is 14.9 Å². The van der Waals surface area contributed by atoms with Crippen LogP contribution in [0.2, 0.25) is 0 Å². The third-order valence-corrected chi connectivity index (χ3v) is 7.99. The summed E-state index contributed by atoms with van der Waals surface area (Å²) in [6.45, 7) is 3.39. The molecule has 0 spiro atoms. The van der Waals surface area contributed by atoms with Gasteiger partial charge in [0.15, 0.2) is 29.2 Å². The summed E-state index contributed by atoms with van der Waals surface area (Å²) in [5, 5.41) is 0. The molecule has 0 saturated carbocycles. The van der Waals surface area contributed by atoms with E-state index in [0.717, 1.165) is 5.56 Å².